The summed E-state index contributed by atoms with van der Waals surface area (Å²) in [6, 6.07) is 4.14. The van der Waals surface area contributed by atoms with E-state index in [9.17, 15) is 0 Å². The van der Waals surface area contributed by atoms with Gasteiger partial charge < -0.3 is 5.32 Å². The van der Waals surface area contributed by atoms with Crippen LogP contribution in [0.4, 0.5) is 0 Å². The normalized spacial score (nSPS) is 10.9. The molecular weight excluding hydrogens is 304 g/mol. The minimum Gasteiger partial charge on any atom is -0.307 e. The highest BCUT2D eigenvalue weighted by Crippen LogP contribution is 2.20. The molecule has 0 atom stereocenters. The SMILES string of the molecule is CCn1nc(C)c(Br)c1CNCc1ccc(C)nc1. The van der Waals surface area contributed by atoms with Crippen molar-refractivity contribution in [1.29, 1.82) is 0 Å². The van der Waals surface area contributed by atoms with Crippen molar-refractivity contribution in [3.05, 3.63) is 45.4 Å². The molecule has 1 N–H and O–H groups in total. The highest BCUT2D eigenvalue weighted by molar-refractivity contribution is 9.10. The average Bonchev–Trinajstić information content (AvgIpc) is 2.68. The van der Waals surface area contributed by atoms with Crippen molar-refractivity contribution in [1.82, 2.24) is 20.1 Å². The van der Waals surface area contributed by atoms with E-state index < -0.39 is 0 Å². The van der Waals surface area contributed by atoms with Gasteiger partial charge in [0.1, 0.15) is 0 Å². The summed E-state index contributed by atoms with van der Waals surface area (Å²) in [6.45, 7) is 8.61. The molecule has 0 aliphatic heterocycles. The van der Waals surface area contributed by atoms with Crippen LogP contribution in [0.1, 0.15) is 29.6 Å². The number of nitrogens with zero attached hydrogens (tertiary/aromatic N) is 3. The number of rotatable bonds is 5. The van der Waals surface area contributed by atoms with E-state index in [0.29, 0.717) is 0 Å². The minimum absolute atomic E-state index is 0.795. The van der Waals surface area contributed by atoms with Crippen molar-refractivity contribution in [2.45, 2.75) is 40.4 Å². The summed E-state index contributed by atoms with van der Waals surface area (Å²) in [5, 5.41) is 7.92. The number of aryl methyl sites for hydroxylation is 3. The van der Waals surface area contributed by atoms with E-state index in [1.165, 1.54) is 11.3 Å². The molecule has 0 saturated carbocycles. The predicted octanol–water partition coefficient (Wildman–Crippen LogP) is 2.97. The summed E-state index contributed by atoms with van der Waals surface area (Å²) in [4.78, 5) is 4.29. The smallest absolute Gasteiger partial charge is 0.0739 e. The zero-order chi connectivity index (χ0) is 13.8. The summed E-state index contributed by atoms with van der Waals surface area (Å²) in [5.74, 6) is 0. The van der Waals surface area contributed by atoms with Crippen LogP contribution in [0.5, 0.6) is 0 Å². The second kappa shape index (κ2) is 6.30. The van der Waals surface area contributed by atoms with Crippen LogP contribution in [-0.2, 0) is 19.6 Å². The molecule has 0 radical (unpaired) electrons. The van der Waals surface area contributed by atoms with Gasteiger partial charge in [-0.2, -0.15) is 5.10 Å². The van der Waals surface area contributed by atoms with Crippen LogP contribution in [0, 0.1) is 13.8 Å². The number of pyridine rings is 1. The van der Waals surface area contributed by atoms with Crippen LogP contribution in [0.25, 0.3) is 0 Å². The van der Waals surface area contributed by atoms with E-state index >= 15 is 0 Å². The summed E-state index contributed by atoms with van der Waals surface area (Å²) < 4.78 is 3.13. The van der Waals surface area contributed by atoms with Gasteiger partial charge in [0.25, 0.3) is 0 Å². The average molecular weight is 323 g/mol. The fourth-order valence-electron chi connectivity index (χ4n) is 1.97. The van der Waals surface area contributed by atoms with Crippen molar-refractivity contribution in [2.24, 2.45) is 0 Å². The van der Waals surface area contributed by atoms with E-state index in [1.54, 1.807) is 0 Å². The molecule has 0 aromatic carbocycles. The first-order valence-electron chi connectivity index (χ1n) is 6.45. The third-order valence-electron chi connectivity index (χ3n) is 3.05. The highest BCUT2D eigenvalue weighted by Gasteiger charge is 2.11. The second-order valence-electron chi connectivity index (χ2n) is 4.57. The number of hydrogen-bond acceptors (Lipinski definition) is 3. The first-order valence-corrected chi connectivity index (χ1v) is 7.25. The van der Waals surface area contributed by atoms with Gasteiger partial charge in [-0.25, -0.2) is 0 Å². The summed E-state index contributed by atoms with van der Waals surface area (Å²) >= 11 is 3.60. The third-order valence-corrected chi connectivity index (χ3v) is 4.08. The van der Waals surface area contributed by atoms with Gasteiger partial charge >= 0.3 is 0 Å². The van der Waals surface area contributed by atoms with Crippen LogP contribution in [0.15, 0.2) is 22.8 Å². The van der Waals surface area contributed by atoms with Crippen LogP contribution in [-0.4, -0.2) is 14.8 Å². The molecule has 0 spiro atoms. The third kappa shape index (κ3) is 3.42. The molecule has 2 heterocycles. The topological polar surface area (TPSA) is 42.7 Å². The predicted molar refractivity (Wildman–Crippen MR) is 79.9 cm³/mol. The molecule has 0 fully saturated rings. The van der Waals surface area contributed by atoms with E-state index in [-0.39, 0.29) is 0 Å². The largest absolute Gasteiger partial charge is 0.307 e. The molecule has 2 aromatic rings. The van der Waals surface area contributed by atoms with E-state index in [4.69, 9.17) is 0 Å². The van der Waals surface area contributed by atoms with Gasteiger partial charge in [-0.15, -0.1) is 0 Å². The Kier molecular flexibility index (Phi) is 4.71. The summed E-state index contributed by atoms with van der Waals surface area (Å²) in [7, 11) is 0. The molecule has 19 heavy (non-hydrogen) atoms. The number of halogens is 1. The minimum atomic E-state index is 0.795. The Balaban J connectivity index is 1.97. The maximum Gasteiger partial charge on any atom is 0.0739 e. The quantitative estimate of drug-likeness (QED) is 0.920. The zero-order valence-corrected chi connectivity index (χ0v) is 13.2. The van der Waals surface area contributed by atoms with Gasteiger partial charge in [0.2, 0.25) is 0 Å². The second-order valence-corrected chi connectivity index (χ2v) is 5.37. The number of nitrogens with one attached hydrogen (secondary N) is 1. The van der Waals surface area contributed by atoms with Gasteiger partial charge in [0.05, 0.1) is 15.9 Å². The zero-order valence-electron chi connectivity index (χ0n) is 11.6. The van der Waals surface area contributed by atoms with E-state index in [0.717, 1.165) is 35.5 Å². The first-order chi connectivity index (χ1) is 9.11. The summed E-state index contributed by atoms with van der Waals surface area (Å²) in [5.41, 5.74) is 4.47. The highest BCUT2D eigenvalue weighted by atomic mass is 79.9. The molecule has 0 aliphatic rings. The summed E-state index contributed by atoms with van der Waals surface area (Å²) in [6.07, 6.45) is 1.92. The molecule has 2 rings (SSSR count). The van der Waals surface area contributed by atoms with Crippen LogP contribution >= 0.6 is 15.9 Å². The Morgan fingerprint density at radius 2 is 2.05 bits per heavy atom. The lowest BCUT2D eigenvalue weighted by Crippen LogP contribution is -2.16. The fraction of sp³-hybridized carbons (Fsp3) is 0.429. The Bertz CT molecular complexity index is 545. The molecule has 0 saturated heterocycles. The lowest BCUT2D eigenvalue weighted by Gasteiger charge is -2.07. The van der Waals surface area contributed by atoms with Gasteiger partial charge in [0, 0.05) is 31.5 Å². The van der Waals surface area contributed by atoms with Gasteiger partial charge in [-0.05, 0) is 48.3 Å². The monoisotopic (exact) mass is 322 g/mol. The standard InChI is InChI=1S/C14H19BrN4/c1-4-19-13(14(15)11(3)18-19)9-16-7-12-6-5-10(2)17-8-12/h5-6,8,16H,4,7,9H2,1-3H3. The Morgan fingerprint density at radius 1 is 1.26 bits per heavy atom. The first kappa shape index (κ1) is 14.2. The Labute approximate surface area is 122 Å². The van der Waals surface area contributed by atoms with E-state index in [1.807, 2.05) is 30.8 Å². The molecule has 0 unspecified atom stereocenters. The number of aromatic nitrogens is 3. The Morgan fingerprint density at radius 3 is 2.68 bits per heavy atom. The van der Waals surface area contributed by atoms with Crippen molar-refractivity contribution in [3.63, 3.8) is 0 Å². The van der Waals surface area contributed by atoms with Crippen molar-refractivity contribution < 1.29 is 0 Å². The maximum atomic E-state index is 4.48. The van der Waals surface area contributed by atoms with Crippen molar-refractivity contribution in [2.75, 3.05) is 0 Å². The molecule has 4 nitrogen and oxygen atoms in total. The number of hydrogen-bond donors (Lipinski definition) is 1. The molecule has 2 aromatic heterocycles. The molecule has 0 bridgehead atoms. The molecule has 102 valence electrons. The van der Waals surface area contributed by atoms with Crippen molar-refractivity contribution >= 4 is 15.9 Å². The van der Waals surface area contributed by atoms with Gasteiger partial charge in [-0.1, -0.05) is 6.07 Å². The Hall–Kier alpha value is -1.20. The molecule has 0 aliphatic carbocycles. The molecule has 5 heteroatoms. The van der Waals surface area contributed by atoms with E-state index in [2.05, 4.69) is 44.3 Å². The van der Waals surface area contributed by atoms with Crippen LogP contribution in [0.3, 0.4) is 0 Å². The van der Waals surface area contributed by atoms with Gasteiger partial charge in [0.15, 0.2) is 0 Å². The molecular formula is C14H19BrN4. The maximum absolute atomic E-state index is 4.48. The van der Waals surface area contributed by atoms with Crippen LogP contribution < -0.4 is 5.32 Å². The lowest BCUT2D eigenvalue weighted by atomic mass is 10.2. The molecule has 0 amide bonds. The van der Waals surface area contributed by atoms with Gasteiger partial charge in [-0.3, -0.25) is 9.67 Å². The van der Waals surface area contributed by atoms with Crippen LogP contribution in [0.2, 0.25) is 0 Å². The van der Waals surface area contributed by atoms with Crippen molar-refractivity contribution in [3.8, 4) is 0 Å². The fourth-order valence-corrected chi connectivity index (χ4v) is 2.39. The lowest BCUT2D eigenvalue weighted by molar-refractivity contribution is 0.577.